The summed E-state index contributed by atoms with van der Waals surface area (Å²) in [5, 5.41) is 0. The van der Waals surface area contributed by atoms with Gasteiger partial charge < -0.3 is 5.73 Å². The van der Waals surface area contributed by atoms with Crippen molar-refractivity contribution in [2.75, 3.05) is 43.3 Å². The smallest absolute Gasteiger partial charge is 0.236 e. The number of nitrogens with two attached hydrogens (primary N) is 1. The predicted octanol–water partition coefficient (Wildman–Crippen LogP) is 2.19. The van der Waals surface area contributed by atoms with Crippen molar-refractivity contribution in [2.45, 2.75) is 32.5 Å². The Morgan fingerprint density at radius 3 is 2.19 bits per heavy atom. The fourth-order valence-corrected chi connectivity index (χ4v) is 5.57. The van der Waals surface area contributed by atoms with E-state index in [1.165, 1.54) is 4.31 Å². The van der Waals surface area contributed by atoms with E-state index in [4.69, 9.17) is 5.73 Å². The number of sulfonamides is 1. The number of hydrogen-bond acceptors (Lipinski definition) is 6. The number of likely N-dealkylation sites (N-methyl/N-ethyl adjacent to an activating group) is 1. The zero-order valence-corrected chi connectivity index (χ0v) is 20.0. The first kappa shape index (κ1) is 24.4. The van der Waals surface area contributed by atoms with Gasteiger partial charge in [0.05, 0.1) is 24.5 Å². The van der Waals surface area contributed by atoms with Gasteiger partial charge in [0.15, 0.2) is 5.78 Å². The summed E-state index contributed by atoms with van der Waals surface area (Å²) in [6, 6.07) is 16.9. The molecule has 2 N–H and O–H groups in total. The normalized spacial score (nSPS) is 20.2. The number of ketones is 1. The van der Waals surface area contributed by atoms with Crippen LogP contribution < -0.4 is 10.0 Å². The molecule has 0 unspecified atom stereocenters. The Morgan fingerprint density at radius 2 is 1.62 bits per heavy atom. The molecular weight excluding hydrogens is 424 g/mol. The van der Waals surface area contributed by atoms with Crippen molar-refractivity contribution < 1.29 is 13.2 Å². The second-order valence-corrected chi connectivity index (χ2v) is 10.6. The second-order valence-electron chi connectivity index (χ2n) is 8.61. The molecule has 0 spiro atoms. The summed E-state index contributed by atoms with van der Waals surface area (Å²) >= 11 is 0. The van der Waals surface area contributed by atoms with Gasteiger partial charge in [-0.25, -0.2) is 8.42 Å². The lowest BCUT2D eigenvalue weighted by Crippen LogP contribution is -2.55. The standard InChI is InChI=1S/C24H34N4O3S/c1-19-16-27(17-20(2)26(19)3)13-14-32(30,31)28(23-7-5-4-6-8-23)18-21-9-11-22(12-10-21)24(29)15-25/h4-12,19-20H,13-18,25H2,1-3H3/t19-,20+. The number of nitrogens with zero attached hydrogens (tertiary/aromatic N) is 3. The third kappa shape index (κ3) is 5.95. The maximum Gasteiger partial charge on any atom is 0.236 e. The summed E-state index contributed by atoms with van der Waals surface area (Å²) in [5.74, 6) is -0.0888. The lowest BCUT2D eigenvalue weighted by molar-refractivity contribution is 0.0639. The van der Waals surface area contributed by atoms with Gasteiger partial charge in [-0.15, -0.1) is 0 Å². The average Bonchev–Trinajstić information content (AvgIpc) is 2.80. The predicted molar refractivity (Wildman–Crippen MR) is 129 cm³/mol. The fourth-order valence-electron chi connectivity index (χ4n) is 4.08. The molecule has 0 aromatic heterocycles. The SMILES string of the molecule is C[C@@H]1CN(CCS(=O)(=O)N(Cc2ccc(C(=O)CN)cc2)c2ccccc2)C[C@H](C)N1C. The number of para-hydroxylation sites is 1. The highest BCUT2D eigenvalue weighted by atomic mass is 32.2. The molecule has 1 aliphatic heterocycles. The van der Waals surface area contributed by atoms with Crippen LogP contribution in [0, 0.1) is 0 Å². The van der Waals surface area contributed by atoms with Crippen LogP contribution in [0.4, 0.5) is 5.69 Å². The van der Waals surface area contributed by atoms with Crippen LogP contribution in [-0.2, 0) is 16.6 Å². The van der Waals surface area contributed by atoms with E-state index in [1.54, 1.807) is 24.3 Å². The lowest BCUT2D eigenvalue weighted by atomic mass is 10.1. The molecule has 0 saturated carbocycles. The van der Waals surface area contributed by atoms with E-state index >= 15 is 0 Å². The van der Waals surface area contributed by atoms with Crippen LogP contribution in [0.15, 0.2) is 54.6 Å². The Morgan fingerprint density at radius 1 is 1.03 bits per heavy atom. The molecule has 1 saturated heterocycles. The van der Waals surface area contributed by atoms with E-state index in [-0.39, 0.29) is 24.6 Å². The van der Waals surface area contributed by atoms with Crippen LogP contribution in [0.2, 0.25) is 0 Å². The van der Waals surface area contributed by atoms with E-state index in [0.29, 0.717) is 29.9 Å². The quantitative estimate of drug-likeness (QED) is 0.580. The lowest BCUT2D eigenvalue weighted by Gasteiger charge is -2.42. The first-order chi connectivity index (χ1) is 15.2. The van der Waals surface area contributed by atoms with Gasteiger partial charge >= 0.3 is 0 Å². The first-order valence-corrected chi connectivity index (χ1v) is 12.6. The highest BCUT2D eigenvalue weighted by molar-refractivity contribution is 7.92. The number of carbonyl (C=O) groups excluding carboxylic acids is 1. The van der Waals surface area contributed by atoms with Crippen molar-refractivity contribution in [3.63, 3.8) is 0 Å². The maximum atomic E-state index is 13.4. The van der Waals surface area contributed by atoms with E-state index in [1.807, 2.05) is 30.3 Å². The van der Waals surface area contributed by atoms with Gasteiger partial charge in [-0.05, 0) is 38.6 Å². The molecule has 3 rings (SSSR count). The number of benzene rings is 2. The van der Waals surface area contributed by atoms with Crippen LogP contribution in [0.1, 0.15) is 29.8 Å². The molecule has 2 aromatic rings. The number of rotatable bonds is 9. The number of hydrogen-bond donors (Lipinski definition) is 1. The highest BCUT2D eigenvalue weighted by Gasteiger charge is 2.29. The summed E-state index contributed by atoms with van der Waals surface area (Å²) < 4.78 is 28.4. The van der Waals surface area contributed by atoms with Gasteiger partial charge in [-0.1, -0.05) is 42.5 Å². The van der Waals surface area contributed by atoms with Crippen molar-refractivity contribution in [2.24, 2.45) is 5.73 Å². The fraction of sp³-hybridized carbons (Fsp3) is 0.458. The Balaban J connectivity index is 1.77. The molecule has 0 radical (unpaired) electrons. The molecule has 174 valence electrons. The van der Waals surface area contributed by atoms with Gasteiger partial charge in [0.2, 0.25) is 10.0 Å². The van der Waals surface area contributed by atoms with Crippen molar-refractivity contribution in [1.82, 2.24) is 9.80 Å². The minimum absolute atomic E-state index is 0.0482. The Hall–Kier alpha value is -2.26. The van der Waals surface area contributed by atoms with Crippen molar-refractivity contribution in [3.8, 4) is 0 Å². The van der Waals surface area contributed by atoms with Crippen LogP contribution >= 0.6 is 0 Å². The van der Waals surface area contributed by atoms with Gasteiger partial charge in [0.1, 0.15) is 0 Å². The number of carbonyl (C=O) groups is 1. The van der Waals surface area contributed by atoms with Crippen molar-refractivity contribution in [3.05, 3.63) is 65.7 Å². The number of anilines is 1. The zero-order valence-electron chi connectivity index (χ0n) is 19.1. The van der Waals surface area contributed by atoms with Crippen LogP contribution in [0.3, 0.4) is 0 Å². The van der Waals surface area contributed by atoms with Gasteiger partial charge in [-0.3, -0.25) is 18.9 Å². The minimum Gasteiger partial charge on any atom is -0.324 e. The van der Waals surface area contributed by atoms with Crippen LogP contribution in [0.25, 0.3) is 0 Å². The largest absolute Gasteiger partial charge is 0.324 e. The Kier molecular flexibility index (Phi) is 8.05. The molecule has 1 heterocycles. The van der Waals surface area contributed by atoms with Crippen LogP contribution in [0.5, 0.6) is 0 Å². The zero-order chi connectivity index (χ0) is 23.3. The summed E-state index contributed by atoms with van der Waals surface area (Å²) in [5.41, 5.74) is 7.41. The molecule has 32 heavy (non-hydrogen) atoms. The minimum atomic E-state index is -3.56. The van der Waals surface area contributed by atoms with Gasteiger partial charge in [0.25, 0.3) is 0 Å². The number of Topliss-reactive ketones (excluding diaryl/α,β-unsaturated/α-hetero) is 1. The average molecular weight is 459 g/mol. The Labute approximate surface area is 191 Å². The van der Waals surface area contributed by atoms with E-state index < -0.39 is 10.0 Å². The van der Waals surface area contributed by atoms with Gasteiger partial charge in [-0.2, -0.15) is 0 Å². The van der Waals surface area contributed by atoms with E-state index in [0.717, 1.165) is 18.7 Å². The second kappa shape index (κ2) is 10.6. The summed E-state index contributed by atoms with van der Waals surface area (Å²) in [4.78, 5) is 16.4. The molecule has 7 nitrogen and oxygen atoms in total. The molecule has 0 aliphatic carbocycles. The summed E-state index contributed by atoms with van der Waals surface area (Å²) in [6.45, 7) is 6.72. The van der Waals surface area contributed by atoms with Gasteiger partial charge in [0, 0.05) is 37.3 Å². The molecule has 1 fully saturated rings. The third-order valence-electron chi connectivity index (χ3n) is 6.27. The third-order valence-corrected chi connectivity index (χ3v) is 7.98. The first-order valence-electron chi connectivity index (χ1n) is 11.0. The molecule has 2 atom stereocenters. The summed E-state index contributed by atoms with van der Waals surface area (Å²) in [6.07, 6.45) is 0. The maximum absolute atomic E-state index is 13.4. The summed E-state index contributed by atoms with van der Waals surface area (Å²) in [7, 11) is -1.44. The molecular formula is C24H34N4O3S. The molecule has 0 bridgehead atoms. The van der Waals surface area contributed by atoms with Crippen LogP contribution in [-0.4, -0.2) is 75.1 Å². The van der Waals surface area contributed by atoms with Crippen molar-refractivity contribution >= 4 is 21.5 Å². The monoisotopic (exact) mass is 458 g/mol. The molecule has 1 aliphatic rings. The molecule has 2 aromatic carbocycles. The topological polar surface area (TPSA) is 87.0 Å². The highest BCUT2D eigenvalue weighted by Crippen LogP contribution is 2.22. The van der Waals surface area contributed by atoms with E-state index in [9.17, 15) is 13.2 Å². The van der Waals surface area contributed by atoms with Crippen molar-refractivity contribution in [1.29, 1.82) is 0 Å². The van der Waals surface area contributed by atoms with E-state index in [2.05, 4.69) is 30.7 Å². The Bertz CT molecular complexity index is 984. The number of piperazine rings is 1. The molecule has 0 amide bonds. The molecule has 8 heteroatoms.